The second-order valence-electron chi connectivity index (χ2n) is 4.08. The fourth-order valence-corrected chi connectivity index (χ4v) is 2.23. The standard InChI is InChI=1S/C13H11AsN2O3.C2H4O/c14-12-7-6-10(16(18)19)8-11(12)13(17)15-9-4-2-1-3-5-9;1-2-3/h1-8H,14H2,(H,15,17);2H,1H3. The predicted octanol–water partition coefficient (Wildman–Crippen LogP) is 1.31. The van der Waals surface area contributed by atoms with E-state index in [-0.39, 0.29) is 11.6 Å². The van der Waals surface area contributed by atoms with Crippen LogP contribution >= 0.6 is 0 Å². The minimum absolute atomic E-state index is 0.0837. The summed E-state index contributed by atoms with van der Waals surface area (Å²) in [6.45, 7) is 1.44. The summed E-state index contributed by atoms with van der Waals surface area (Å²) in [6, 6.07) is 13.3. The van der Waals surface area contributed by atoms with Crippen LogP contribution in [-0.4, -0.2) is 34.0 Å². The second kappa shape index (κ2) is 8.74. The molecule has 7 heteroatoms. The zero-order valence-corrected chi connectivity index (χ0v) is 14.3. The number of carbonyl (C=O) groups excluding carboxylic acids is 2. The van der Waals surface area contributed by atoms with E-state index in [0.29, 0.717) is 11.3 Å². The number of para-hydroxylation sites is 1. The Morgan fingerprint density at radius 2 is 1.82 bits per heavy atom. The van der Waals surface area contributed by atoms with E-state index in [0.717, 1.165) is 10.6 Å². The van der Waals surface area contributed by atoms with Crippen LogP contribution in [0.4, 0.5) is 11.4 Å². The molecule has 0 aliphatic carbocycles. The average Bonchev–Trinajstić information content (AvgIpc) is 2.49. The molecule has 114 valence electrons. The van der Waals surface area contributed by atoms with Gasteiger partial charge in [0.2, 0.25) is 0 Å². The zero-order chi connectivity index (χ0) is 16.5. The van der Waals surface area contributed by atoms with Crippen LogP contribution < -0.4 is 9.67 Å². The van der Waals surface area contributed by atoms with Crippen molar-refractivity contribution in [2.24, 2.45) is 0 Å². The van der Waals surface area contributed by atoms with Crippen molar-refractivity contribution in [2.45, 2.75) is 6.92 Å². The monoisotopic (exact) mass is 362 g/mol. The van der Waals surface area contributed by atoms with E-state index in [9.17, 15) is 14.9 Å². The summed E-state index contributed by atoms with van der Waals surface area (Å²) in [5, 5.41) is 13.4. The molecule has 2 rings (SSSR count). The number of anilines is 1. The second-order valence-corrected chi connectivity index (χ2v) is 5.39. The number of nitrogens with one attached hydrogen (secondary N) is 1. The number of benzene rings is 2. The summed E-state index contributed by atoms with van der Waals surface area (Å²) in [6.07, 6.45) is 0.750. The third-order valence-corrected chi connectivity index (χ3v) is 3.58. The number of amides is 1. The van der Waals surface area contributed by atoms with Crippen molar-refractivity contribution in [1.82, 2.24) is 0 Å². The average molecular weight is 362 g/mol. The van der Waals surface area contributed by atoms with Crippen molar-refractivity contribution in [1.29, 1.82) is 0 Å². The Kier molecular flexibility index (Phi) is 6.99. The molecule has 6 nitrogen and oxygen atoms in total. The van der Waals surface area contributed by atoms with Crippen molar-refractivity contribution in [3.8, 4) is 0 Å². The molecule has 0 aliphatic heterocycles. The van der Waals surface area contributed by atoms with Gasteiger partial charge in [0.25, 0.3) is 0 Å². The van der Waals surface area contributed by atoms with E-state index < -0.39 is 4.92 Å². The predicted molar refractivity (Wildman–Crippen MR) is 87.4 cm³/mol. The number of hydrogen-bond donors (Lipinski definition) is 1. The molecule has 2 aromatic rings. The molecular weight excluding hydrogens is 347 g/mol. The molecule has 2 aromatic carbocycles. The molecule has 1 N–H and O–H groups in total. The Hall–Kier alpha value is -2.46. The Labute approximate surface area is 136 Å². The normalized spacial score (nSPS) is 9.18. The molecule has 0 aliphatic rings. The van der Waals surface area contributed by atoms with Gasteiger partial charge in [-0.2, -0.15) is 0 Å². The minimum atomic E-state index is -0.508. The summed E-state index contributed by atoms with van der Waals surface area (Å²) in [7, 11) is 0. The van der Waals surface area contributed by atoms with E-state index in [1.165, 1.54) is 35.9 Å². The van der Waals surface area contributed by atoms with Gasteiger partial charge < -0.3 is 4.79 Å². The molecule has 0 saturated carbocycles. The molecule has 0 heterocycles. The molecule has 1 amide bonds. The molecule has 0 radical (unpaired) electrons. The van der Waals surface area contributed by atoms with Crippen LogP contribution in [0.5, 0.6) is 0 Å². The van der Waals surface area contributed by atoms with Crippen LogP contribution in [-0.2, 0) is 4.79 Å². The van der Waals surface area contributed by atoms with Crippen LogP contribution in [0, 0.1) is 10.1 Å². The zero-order valence-electron chi connectivity index (χ0n) is 11.9. The molecule has 0 saturated heterocycles. The van der Waals surface area contributed by atoms with E-state index in [1.54, 1.807) is 30.3 Å². The SMILES string of the molecule is CC=O.O=C(Nc1ccccc1)c1cc([N+](=O)[O-])ccc1[AsH2]. The fraction of sp³-hybridized carbons (Fsp3) is 0.0667. The first kappa shape index (κ1) is 17.6. The number of nitrogens with zero attached hydrogens (tertiary/aromatic N) is 1. The summed E-state index contributed by atoms with van der Waals surface area (Å²) in [4.78, 5) is 31.1. The van der Waals surface area contributed by atoms with Crippen LogP contribution in [0.3, 0.4) is 0 Å². The Bertz CT molecular complexity index is 674. The van der Waals surface area contributed by atoms with Gasteiger partial charge in [-0.15, -0.1) is 0 Å². The Morgan fingerprint density at radius 1 is 1.23 bits per heavy atom. The van der Waals surface area contributed by atoms with Gasteiger partial charge in [-0.05, 0) is 6.92 Å². The molecule has 0 spiro atoms. The van der Waals surface area contributed by atoms with Crippen LogP contribution in [0.15, 0.2) is 48.5 Å². The number of nitro groups is 1. The number of nitro benzene ring substituents is 1. The Morgan fingerprint density at radius 3 is 2.36 bits per heavy atom. The number of carbonyl (C=O) groups is 2. The van der Waals surface area contributed by atoms with Crippen LogP contribution in [0.25, 0.3) is 0 Å². The van der Waals surface area contributed by atoms with Gasteiger partial charge >= 0.3 is 118 Å². The number of rotatable bonds is 3. The van der Waals surface area contributed by atoms with Crippen molar-refractivity contribution in [2.75, 3.05) is 5.32 Å². The van der Waals surface area contributed by atoms with Gasteiger partial charge in [-0.25, -0.2) is 0 Å². The number of hydrogen-bond acceptors (Lipinski definition) is 4. The maximum absolute atomic E-state index is 12.1. The number of aldehydes is 1. The summed E-state index contributed by atoms with van der Waals surface area (Å²) < 4.78 is 0.756. The molecular formula is C15H15AsN2O4. The van der Waals surface area contributed by atoms with Crippen LogP contribution in [0.2, 0.25) is 0 Å². The Balaban J connectivity index is 0.000000745. The maximum atomic E-state index is 12.1. The molecule has 0 fully saturated rings. The van der Waals surface area contributed by atoms with E-state index in [1.807, 2.05) is 6.07 Å². The number of non-ortho nitro benzene ring substituents is 1. The van der Waals surface area contributed by atoms with Gasteiger partial charge in [0.05, 0.1) is 0 Å². The summed E-state index contributed by atoms with van der Waals surface area (Å²) >= 11 is 1.25. The van der Waals surface area contributed by atoms with Crippen LogP contribution in [0.1, 0.15) is 17.3 Å². The first-order valence-corrected chi connectivity index (χ1v) is 7.50. The van der Waals surface area contributed by atoms with Gasteiger partial charge in [0.1, 0.15) is 6.29 Å². The van der Waals surface area contributed by atoms with Gasteiger partial charge in [-0.3, -0.25) is 0 Å². The van der Waals surface area contributed by atoms with Crippen molar-refractivity contribution >= 4 is 44.8 Å². The van der Waals surface area contributed by atoms with Gasteiger partial charge in [0.15, 0.2) is 0 Å². The first-order valence-electron chi connectivity index (χ1n) is 6.29. The summed E-state index contributed by atoms with van der Waals surface area (Å²) in [5.74, 6) is -0.339. The van der Waals surface area contributed by atoms with E-state index in [2.05, 4.69) is 5.32 Å². The van der Waals surface area contributed by atoms with Crippen molar-refractivity contribution in [3.05, 3.63) is 64.2 Å². The molecule has 1 atom stereocenters. The van der Waals surface area contributed by atoms with Crippen molar-refractivity contribution in [3.63, 3.8) is 0 Å². The first-order chi connectivity index (χ1) is 10.5. The quantitative estimate of drug-likeness (QED) is 0.386. The molecule has 1 unspecified atom stereocenters. The van der Waals surface area contributed by atoms with Gasteiger partial charge in [-0.1, -0.05) is 0 Å². The molecule has 22 heavy (non-hydrogen) atoms. The molecule has 0 aromatic heterocycles. The van der Waals surface area contributed by atoms with Gasteiger partial charge in [0, 0.05) is 0 Å². The third-order valence-electron chi connectivity index (χ3n) is 2.52. The van der Waals surface area contributed by atoms with E-state index in [4.69, 9.17) is 4.79 Å². The topological polar surface area (TPSA) is 89.3 Å². The fourth-order valence-electron chi connectivity index (χ4n) is 1.57. The third kappa shape index (κ3) is 5.14. The molecule has 0 bridgehead atoms. The summed E-state index contributed by atoms with van der Waals surface area (Å²) in [5.41, 5.74) is 0.906. The van der Waals surface area contributed by atoms with Crippen molar-refractivity contribution < 1.29 is 14.5 Å². The van der Waals surface area contributed by atoms with E-state index >= 15 is 0 Å².